The Morgan fingerprint density at radius 1 is 1.44 bits per heavy atom. The van der Waals surface area contributed by atoms with Crippen molar-refractivity contribution < 1.29 is 4.79 Å². The third-order valence-electron chi connectivity index (χ3n) is 3.00. The Hall–Kier alpha value is -0.610. The van der Waals surface area contributed by atoms with Crippen LogP contribution in [0.15, 0.2) is 0 Å². The van der Waals surface area contributed by atoms with Crippen molar-refractivity contribution in [3.63, 3.8) is 0 Å². The second-order valence-corrected chi connectivity index (χ2v) is 4.84. The first kappa shape index (κ1) is 13.5. The van der Waals surface area contributed by atoms with Gasteiger partial charge in [0.1, 0.15) is 0 Å². The number of unbranched alkanes of at least 4 members (excludes halogenated alkanes) is 1. The molecule has 1 rings (SSSR count). The van der Waals surface area contributed by atoms with Crippen molar-refractivity contribution in [1.82, 2.24) is 15.5 Å². The fourth-order valence-corrected chi connectivity index (χ4v) is 1.98. The lowest BCUT2D eigenvalue weighted by Gasteiger charge is -2.21. The van der Waals surface area contributed by atoms with E-state index in [1.165, 1.54) is 0 Å². The highest BCUT2D eigenvalue weighted by molar-refractivity contribution is 5.78. The summed E-state index contributed by atoms with van der Waals surface area (Å²) >= 11 is 0. The summed E-state index contributed by atoms with van der Waals surface area (Å²) < 4.78 is 0. The molecule has 4 heteroatoms. The summed E-state index contributed by atoms with van der Waals surface area (Å²) in [4.78, 5) is 13.9. The largest absolute Gasteiger partial charge is 0.356 e. The molecule has 1 aliphatic heterocycles. The van der Waals surface area contributed by atoms with E-state index in [0.717, 1.165) is 51.9 Å². The van der Waals surface area contributed by atoms with Crippen LogP contribution in [-0.2, 0) is 4.79 Å². The highest BCUT2D eigenvalue weighted by atomic mass is 16.1. The summed E-state index contributed by atoms with van der Waals surface area (Å²) in [6, 6.07) is 0. The average molecular weight is 227 g/mol. The standard InChI is InChI=1S/C12H25N3O/c1-15(2)9-4-3-8-14-12(16)11-6-5-7-13-10-11/h11,13H,3-10H2,1-2H3,(H,14,16)/t11-/m1/s1. The smallest absolute Gasteiger partial charge is 0.224 e. The molecule has 0 radical (unpaired) electrons. The Balaban J connectivity index is 2.01. The number of carbonyl (C=O) groups excluding carboxylic acids is 1. The summed E-state index contributed by atoms with van der Waals surface area (Å²) in [5.41, 5.74) is 0. The van der Waals surface area contributed by atoms with Gasteiger partial charge in [0.05, 0.1) is 5.92 Å². The Morgan fingerprint density at radius 2 is 2.25 bits per heavy atom. The van der Waals surface area contributed by atoms with Crippen LogP contribution in [-0.4, -0.2) is 51.1 Å². The molecule has 16 heavy (non-hydrogen) atoms. The second kappa shape index (κ2) is 7.63. The maximum atomic E-state index is 11.7. The quantitative estimate of drug-likeness (QED) is 0.647. The van der Waals surface area contributed by atoms with Gasteiger partial charge < -0.3 is 15.5 Å². The van der Waals surface area contributed by atoms with Crippen molar-refractivity contribution in [3.05, 3.63) is 0 Å². The molecule has 1 fully saturated rings. The van der Waals surface area contributed by atoms with Gasteiger partial charge in [-0.05, 0) is 52.9 Å². The van der Waals surface area contributed by atoms with Crippen molar-refractivity contribution in [2.45, 2.75) is 25.7 Å². The number of carbonyl (C=O) groups is 1. The maximum absolute atomic E-state index is 11.7. The summed E-state index contributed by atoms with van der Waals surface area (Å²) in [6.45, 7) is 3.83. The summed E-state index contributed by atoms with van der Waals surface area (Å²) in [6.07, 6.45) is 4.38. The highest BCUT2D eigenvalue weighted by Gasteiger charge is 2.19. The topological polar surface area (TPSA) is 44.4 Å². The number of hydrogen-bond donors (Lipinski definition) is 2. The molecule has 0 bridgehead atoms. The molecular weight excluding hydrogens is 202 g/mol. The molecule has 1 saturated heterocycles. The van der Waals surface area contributed by atoms with Gasteiger partial charge in [0.2, 0.25) is 5.91 Å². The zero-order valence-electron chi connectivity index (χ0n) is 10.6. The van der Waals surface area contributed by atoms with E-state index in [0.29, 0.717) is 0 Å². The molecule has 0 aromatic rings. The van der Waals surface area contributed by atoms with Crippen LogP contribution in [0.2, 0.25) is 0 Å². The van der Waals surface area contributed by atoms with Crippen molar-refractivity contribution in [3.8, 4) is 0 Å². The molecule has 1 heterocycles. The van der Waals surface area contributed by atoms with Crippen molar-refractivity contribution in [2.75, 3.05) is 40.3 Å². The molecule has 0 aromatic heterocycles. The fourth-order valence-electron chi connectivity index (χ4n) is 1.98. The Labute approximate surface area is 98.8 Å². The molecular formula is C12H25N3O. The zero-order chi connectivity index (χ0) is 11.8. The molecule has 1 amide bonds. The lowest BCUT2D eigenvalue weighted by atomic mass is 9.99. The molecule has 94 valence electrons. The summed E-state index contributed by atoms with van der Waals surface area (Å²) in [5, 5.41) is 6.29. The van der Waals surface area contributed by atoms with E-state index < -0.39 is 0 Å². The van der Waals surface area contributed by atoms with E-state index in [1.807, 2.05) is 0 Å². The van der Waals surface area contributed by atoms with Crippen molar-refractivity contribution in [2.24, 2.45) is 5.92 Å². The predicted octanol–water partition coefficient (Wildman–Crippen LogP) is 0.444. The van der Waals surface area contributed by atoms with Crippen LogP contribution in [0.5, 0.6) is 0 Å². The lowest BCUT2D eigenvalue weighted by Crippen LogP contribution is -2.40. The molecule has 0 aliphatic carbocycles. The Morgan fingerprint density at radius 3 is 2.88 bits per heavy atom. The van der Waals surface area contributed by atoms with Crippen LogP contribution in [0.3, 0.4) is 0 Å². The minimum atomic E-state index is 0.197. The van der Waals surface area contributed by atoms with Gasteiger partial charge in [0.15, 0.2) is 0 Å². The van der Waals surface area contributed by atoms with Crippen molar-refractivity contribution in [1.29, 1.82) is 0 Å². The van der Waals surface area contributed by atoms with E-state index in [4.69, 9.17) is 0 Å². The number of amides is 1. The van der Waals surface area contributed by atoms with Gasteiger partial charge in [-0.2, -0.15) is 0 Å². The van der Waals surface area contributed by atoms with Gasteiger partial charge in [-0.3, -0.25) is 4.79 Å². The molecule has 2 N–H and O–H groups in total. The van der Waals surface area contributed by atoms with Gasteiger partial charge in [-0.1, -0.05) is 0 Å². The first-order valence-corrected chi connectivity index (χ1v) is 6.33. The summed E-state index contributed by atoms with van der Waals surface area (Å²) in [7, 11) is 4.15. The Kier molecular flexibility index (Phi) is 6.42. The van der Waals surface area contributed by atoms with E-state index in [2.05, 4.69) is 29.6 Å². The zero-order valence-corrected chi connectivity index (χ0v) is 10.6. The molecule has 4 nitrogen and oxygen atoms in total. The van der Waals surface area contributed by atoms with Gasteiger partial charge in [-0.15, -0.1) is 0 Å². The number of rotatable bonds is 6. The third-order valence-corrected chi connectivity index (χ3v) is 3.00. The fraction of sp³-hybridized carbons (Fsp3) is 0.917. The van der Waals surface area contributed by atoms with Crippen LogP contribution in [0.1, 0.15) is 25.7 Å². The second-order valence-electron chi connectivity index (χ2n) is 4.84. The predicted molar refractivity (Wildman–Crippen MR) is 66.4 cm³/mol. The number of piperidine rings is 1. The van der Waals surface area contributed by atoms with Gasteiger partial charge in [-0.25, -0.2) is 0 Å². The Bertz CT molecular complexity index is 200. The SMILES string of the molecule is CN(C)CCCCNC(=O)[C@@H]1CCCNC1. The first-order chi connectivity index (χ1) is 7.70. The number of nitrogens with one attached hydrogen (secondary N) is 2. The van der Waals surface area contributed by atoms with Gasteiger partial charge >= 0.3 is 0 Å². The first-order valence-electron chi connectivity index (χ1n) is 6.33. The van der Waals surface area contributed by atoms with E-state index >= 15 is 0 Å². The normalized spacial score (nSPS) is 21.1. The molecule has 0 saturated carbocycles. The van der Waals surface area contributed by atoms with Gasteiger partial charge in [0.25, 0.3) is 0 Å². The number of hydrogen-bond acceptors (Lipinski definition) is 3. The minimum absolute atomic E-state index is 0.197. The molecule has 0 spiro atoms. The van der Waals surface area contributed by atoms with Gasteiger partial charge in [0, 0.05) is 13.1 Å². The van der Waals surface area contributed by atoms with Crippen LogP contribution in [0.25, 0.3) is 0 Å². The van der Waals surface area contributed by atoms with E-state index in [9.17, 15) is 4.79 Å². The monoisotopic (exact) mass is 227 g/mol. The summed E-state index contributed by atoms with van der Waals surface area (Å²) in [5.74, 6) is 0.430. The third kappa shape index (κ3) is 5.47. The van der Waals surface area contributed by atoms with Crippen LogP contribution < -0.4 is 10.6 Å². The van der Waals surface area contributed by atoms with Crippen LogP contribution >= 0.6 is 0 Å². The molecule has 0 aromatic carbocycles. The lowest BCUT2D eigenvalue weighted by molar-refractivity contribution is -0.125. The van der Waals surface area contributed by atoms with Crippen LogP contribution in [0, 0.1) is 5.92 Å². The molecule has 0 unspecified atom stereocenters. The average Bonchev–Trinajstić information content (AvgIpc) is 2.29. The van der Waals surface area contributed by atoms with E-state index in [-0.39, 0.29) is 11.8 Å². The molecule has 1 aliphatic rings. The molecule has 1 atom stereocenters. The number of nitrogens with zero attached hydrogens (tertiary/aromatic N) is 1. The van der Waals surface area contributed by atoms with Crippen molar-refractivity contribution >= 4 is 5.91 Å². The van der Waals surface area contributed by atoms with E-state index in [1.54, 1.807) is 0 Å². The maximum Gasteiger partial charge on any atom is 0.224 e. The minimum Gasteiger partial charge on any atom is -0.356 e. The highest BCUT2D eigenvalue weighted by Crippen LogP contribution is 2.09. The van der Waals surface area contributed by atoms with Crippen LogP contribution in [0.4, 0.5) is 0 Å².